The van der Waals surface area contributed by atoms with Crippen molar-refractivity contribution in [1.82, 2.24) is 19.8 Å². The first-order chi connectivity index (χ1) is 22.7. The minimum absolute atomic E-state index is 0.164. The molecular weight excluding hydrogens is 613 g/mol. The lowest BCUT2D eigenvalue weighted by Gasteiger charge is -2.31. The number of aromatic amines is 2. The molecule has 3 aromatic carbocycles. The Bertz CT molecular complexity index is 2240. The fourth-order valence-corrected chi connectivity index (χ4v) is 7.75. The molecule has 3 amide bonds. The van der Waals surface area contributed by atoms with Crippen LogP contribution in [-0.2, 0) is 6.42 Å². The van der Waals surface area contributed by atoms with E-state index < -0.39 is 0 Å². The third-order valence-electron chi connectivity index (χ3n) is 9.29. The normalized spacial score (nSPS) is 15.1. The second-order valence-corrected chi connectivity index (χ2v) is 13.5. The number of likely N-dealkylation sites (N-methyl/N-ethyl adjacent to an activating group) is 1. The van der Waals surface area contributed by atoms with Gasteiger partial charge in [-0.25, -0.2) is 4.79 Å². The number of thiophene rings is 1. The maximum atomic E-state index is 14.0. The van der Waals surface area contributed by atoms with E-state index in [0.717, 1.165) is 67.4 Å². The zero-order valence-electron chi connectivity index (χ0n) is 26.4. The second kappa shape index (κ2) is 11.3. The Balaban J connectivity index is 1.05. The van der Waals surface area contributed by atoms with Gasteiger partial charge < -0.3 is 34.7 Å². The van der Waals surface area contributed by atoms with Gasteiger partial charge in [0.15, 0.2) is 5.75 Å². The average molecular weight is 647 g/mol. The molecule has 0 spiro atoms. The number of hydrogen-bond donors (Lipinski definition) is 3. The molecule has 0 saturated carbocycles. The van der Waals surface area contributed by atoms with E-state index in [1.165, 1.54) is 0 Å². The van der Waals surface area contributed by atoms with Crippen LogP contribution in [-0.4, -0.2) is 77.4 Å². The van der Waals surface area contributed by atoms with Crippen molar-refractivity contribution in [2.75, 3.05) is 50.0 Å². The molecule has 3 N–H and O–H groups in total. The minimum atomic E-state index is -0.362. The molecule has 2 aliphatic heterocycles. The number of rotatable bonds is 4. The van der Waals surface area contributed by atoms with Crippen LogP contribution >= 0.6 is 11.3 Å². The first-order valence-electron chi connectivity index (χ1n) is 15.8. The van der Waals surface area contributed by atoms with E-state index in [1.807, 2.05) is 68.6 Å². The van der Waals surface area contributed by atoms with Crippen molar-refractivity contribution >= 4 is 72.5 Å². The number of nitrogens with zero attached hydrogens (tertiary/aromatic N) is 3. The molecule has 0 radical (unpaired) electrons. The quantitative estimate of drug-likeness (QED) is 0.198. The standard InChI is InChI=1S/C36H34N6O4S/c1-20-4-6-26-22(14-20)16-28(38-26)34(43)37-24-5-7-27-23(15-24)17-29(39-27)35(44)42-9-8-25-30(42)18-31(33-32(25)21(2)19-47-33)46-36(45)41-12-10-40(3)11-13-41/h4-7,14-19,38-39H,8-13H2,1-3H3,(H,37,43). The molecule has 0 unspecified atom stereocenters. The van der Waals surface area contributed by atoms with E-state index in [-0.39, 0.29) is 17.9 Å². The van der Waals surface area contributed by atoms with Gasteiger partial charge in [0.25, 0.3) is 11.8 Å². The highest BCUT2D eigenvalue weighted by Crippen LogP contribution is 2.45. The molecular formula is C36H34N6O4S. The average Bonchev–Trinajstić information content (AvgIpc) is 3.85. The lowest BCUT2D eigenvalue weighted by atomic mass is 10.0. The number of benzene rings is 3. The van der Waals surface area contributed by atoms with Gasteiger partial charge in [0.05, 0.1) is 10.4 Å². The number of anilines is 2. The zero-order chi connectivity index (χ0) is 32.4. The van der Waals surface area contributed by atoms with Crippen LogP contribution in [0.5, 0.6) is 5.75 Å². The van der Waals surface area contributed by atoms with Crippen LogP contribution in [0.3, 0.4) is 0 Å². The maximum Gasteiger partial charge on any atom is 0.415 e. The smallest absolute Gasteiger partial charge is 0.409 e. The Kier molecular flexibility index (Phi) is 7.03. The summed E-state index contributed by atoms with van der Waals surface area (Å²) in [5.74, 6) is 0.0861. The molecule has 238 valence electrons. The summed E-state index contributed by atoms with van der Waals surface area (Å²) in [6.45, 7) is 7.44. The first kappa shape index (κ1) is 29.3. The molecule has 10 nitrogen and oxygen atoms in total. The van der Waals surface area contributed by atoms with Gasteiger partial charge in [-0.1, -0.05) is 11.6 Å². The van der Waals surface area contributed by atoms with Crippen LogP contribution in [0.25, 0.3) is 31.9 Å². The number of carbonyl (C=O) groups excluding carboxylic acids is 3. The summed E-state index contributed by atoms with van der Waals surface area (Å²) in [4.78, 5) is 52.4. The Morgan fingerprint density at radius 3 is 2.38 bits per heavy atom. The predicted octanol–water partition coefficient (Wildman–Crippen LogP) is 6.68. The minimum Gasteiger partial charge on any atom is -0.409 e. The number of aryl methyl sites for hydroxylation is 2. The first-order valence-corrected chi connectivity index (χ1v) is 16.6. The van der Waals surface area contributed by atoms with Gasteiger partial charge in [-0.3, -0.25) is 9.59 Å². The van der Waals surface area contributed by atoms with Gasteiger partial charge in [-0.15, -0.1) is 11.3 Å². The largest absolute Gasteiger partial charge is 0.415 e. The van der Waals surface area contributed by atoms with Crippen LogP contribution in [0.1, 0.15) is 37.7 Å². The van der Waals surface area contributed by atoms with Crippen molar-refractivity contribution in [3.8, 4) is 5.75 Å². The summed E-state index contributed by atoms with van der Waals surface area (Å²) in [7, 11) is 2.05. The topological polar surface area (TPSA) is 114 Å². The number of nitrogens with one attached hydrogen (secondary N) is 3. The van der Waals surface area contributed by atoms with Gasteiger partial charge in [0.2, 0.25) is 0 Å². The molecule has 0 atom stereocenters. The molecule has 11 heteroatoms. The summed E-state index contributed by atoms with van der Waals surface area (Å²) in [5, 5.41) is 7.91. The number of amides is 3. The number of piperazine rings is 1. The SMILES string of the molecule is Cc1ccc2[nH]c(C(=O)Nc3ccc4[nH]c(C(=O)N5CCc6c5cc(OC(=O)N5CCN(C)CC5)c5scc(C)c65)cc4c3)cc2c1. The van der Waals surface area contributed by atoms with Crippen molar-refractivity contribution in [2.45, 2.75) is 20.3 Å². The fourth-order valence-electron chi connectivity index (χ4n) is 6.72. The summed E-state index contributed by atoms with van der Waals surface area (Å²) >= 11 is 1.56. The van der Waals surface area contributed by atoms with E-state index in [0.29, 0.717) is 48.9 Å². The van der Waals surface area contributed by atoms with Crippen molar-refractivity contribution in [1.29, 1.82) is 0 Å². The van der Waals surface area contributed by atoms with Crippen molar-refractivity contribution in [3.63, 3.8) is 0 Å². The molecule has 3 aromatic heterocycles. The summed E-state index contributed by atoms with van der Waals surface area (Å²) in [6, 6.07) is 17.1. The lowest BCUT2D eigenvalue weighted by Crippen LogP contribution is -2.48. The number of hydrogen-bond acceptors (Lipinski definition) is 6. The molecule has 0 aliphatic carbocycles. The maximum absolute atomic E-state index is 14.0. The fraction of sp³-hybridized carbons (Fsp3) is 0.250. The number of H-pyrrole nitrogens is 2. The monoisotopic (exact) mass is 646 g/mol. The van der Waals surface area contributed by atoms with Gasteiger partial charge in [0, 0.05) is 71.7 Å². The predicted molar refractivity (Wildman–Crippen MR) is 186 cm³/mol. The van der Waals surface area contributed by atoms with Crippen LogP contribution in [0.2, 0.25) is 0 Å². The lowest BCUT2D eigenvalue weighted by molar-refractivity contribution is 0.0983. The van der Waals surface area contributed by atoms with E-state index in [2.05, 4.69) is 32.5 Å². The number of ether oxygens (including phenoxy) is 1. The summed E-state index contributed by atoms with van der Waals surface area (Å²) in [5.41, 5.74) is 7.35. The van der Waals surface area contributed by atoms with Crippen molar-refractivity contribution < 1.29 is 19.1 Å². The molecule has 0 bridgehead atoms. The van der Waals surface area contributed by atoms with Crippen LogP contribution < -0.4 is 15.0 Å². The Morgan fingerprint density at radius 1 is 0.851 bits per heavy atom. The molecule has 6 aromatic rings. The highest BCUT2D eigenvalue weighted by molar-refractivity contribution is 7.17. The molecule has 5 heterocycles. The second-order valence-electron chi connectivity index (χ2n) is 12.6. The Morgan fingerprint density at radius 2 is 1.57 bits per heavy atom. The van der Waals surface area contributed by atoms with Gasteiger partial charge >= 0.3 is 6.09 Å². The Labute approximate surface area is 274 Å². The molecule has 47 heavy (non-hydrogen) atoms. The summed E-state index contributed by atoms with van der Waals surface area (Å²) < 4.78 is 6.95. The molecule has 1 saturated heterocycles. The molecule has 1 fully saturated rings. The molecule has 8 rings (SSSR count). The van der Waals surface area contributed by atoms with Gasteiger partial charge in [-0.05, 0) is 86.3 Å². The van der Waals surface area contributed by atoms with E-state index in [1.54, 1.807) is 21.1 Å². The third-order valence-corrected chi connectivity index (χ3v) is 10.4. The highest BCUT2D eigenvalue weighted by Gasteiger charge is 2.32. The summed E-state index contributed by atoms with van der Waals surface area (Å²) in [6.07, 6.45) is 0.352. The van der Waals surface area contributed by atoms with Crippen LogP contribution in [0.4, 0.5) is 16.2 Å². The van der Waals surface area contributed by atoms with Crippen molar-refractivity contribution in [3.05, 3.63) is 88.1 Å². The Hall–Kier alpha value is -5.13. The molecule has 2 aliphatic rings. The van der Waals surface area contributed by atoms with E-state index >= 15 is 0 Å². The van der Waals surface area contributed by atoms with Crippen molar-refractivity contribution in [2.24, 2.45) is 0 Å². The number of fused-ring (bicyclic) bond motifs is 5. The highest BCUT2D eigenvalue weighted by atomic mass is 32.1. The van der Waals surface area contributed by atoms with E-state index in [9.17, 15) is 14.4 Å². The number of carbonyl (C=O) groups is 3. The van der Waals surface area contributed by atoms with Crippen LogP contribution in [0.15, 0.2) is 60.0 Å². The third kappa shape index (κ3) is 5.21. The van der Waals surface area contributed by atoms with Gasteiger partial charge in [0.1, 0.15) is 11.4 Å². The van der Waals surface area contributed by atoms with Crippen LogP contribution in [0, 0.1) is 13.8 Å². The van der Waals surface area contributed by atoms with E-state index in [4.69, 9.17) is 4.74 Å². The van der Waals surface area contributed by atoms with Gasteiger partial charge in [-0.2, -0.15) is 0 Å². The zero-order valence-corrected chi connectivity index (χ0v) is 27.2. The number of aromatic nitrogens is 2.